The third-order valence-electron chi connectivity index (χ3n) is 3.29. The smallest absolute Gasteiger partial charge is 0.326 e. The molecule has 1 aromatic rings. The highest BCUT2D eigenvalue weighted by atomic mass is 16.5. The molecule has 96 valence electrons. The molecule has 1 aliphatic heterocycles. The highest BCUT2D eigenvalue weighted by molar-refractivity contribution is 6.09. The van der Waals surface area contributed by atoms with Crippen LogP contribution in [0.25, 0.3) is 0 Å². The minimum absolute atomic E-state index is 0.251. The Labute approximate surface area is 106 Å². The van der Waals surface area contributed by atoms with Crippen molar-refractivity contribution in [1.29, 1.82) is 0 Å². The first-order valence-electron chi connectivity index (χ1n) is 6.23. The van der Waals surface area contributed by atoms with Crippen LogP contribution in [0.3, 0.4) is 0 Å². The van der Waals surface area contributed by atoms with Gasteiger partial charge in [-0.25, -0.2) is 0 Å². The summed E-state index contributed by atoms with van der Waals surface area (Å²) in [5.74, 6) is -0.702. The Balaban J connectivity index is 2.45. The Morgan fingerprint density at radius 2 is 2.11 bits per heavy atom. The van der Waals surface area contributed by atoms with Gasteiger partial charge in [0, 0.05) is 6.54 Å². The lowest BCUT2D eigenvalue weighted by Gasteiger charge is -2.34. The highest BCUT2D eigenvalue weighted by Gasteiger charge is 2.49. The van der Waals surface area contributed by atoms with Crippen LogP contribution in [-0.2, 0) is 19.7 Å². The van der Waals surface area contributed by atoms with Gasteiger partial charge >= 0.3 is 5.97 Å². The van der Waals surface area contributed by atoms with Crippen LogP contribution >= 0.6 is 0 Å². The van der Waals surface area contributed by atoms with Crippen molar-refractivity contribution in [3.63, 3.8) is 0 Å². The molecule has 0 bridgehead atoms. The first-order valence-corrected chi connectivity index (χ1v) is 6.23. The predicted octanol–water partition coefficient (Wildman–Crippen LogP) is 1.40. The molecule has 1 heterocycles. The van der Waals surface area contributed by atoms with Crippen molar-refractivity contribution >= 4 is 11.9 Å². The van der Waals surface area contributed by atoms with Crippen molar-refractivity contribution in [3.8, 4) is 0 Å². The van der Waals surface area contributed by atoms with E-state index in [1.54, 1.807) is 6.92 Å². The number of piperidine rings is 1. The number of rotatable bonds is 3. The molecule has 4 heteroatoms. The summed E-state index contributed by atoms with van der Waals surface area (Å²) in [7, 11) is 0. The zero-order valence-corrected chi connectivity index (χ0v) is 10.4. The molecule has 1 aromatic carbocycles. The number of ether oxygens (including phenoxy) is 1. The Kier molecular flexibility index (Phi) is 3.65. The van der Waals surface area contributed by atoms with Crippen LogP contribution in [-0.4, -0.2) is 25.0 Å². The van der Waals surface area contributed by atoms with Crippen LogP contribution < -0.4 is 5.32 Å². The van der Waals surface area contributed by atoms with Gasteiger partial charge in [0.1, 0.15) is 0 Å². The minimum Gasteiger partial charge on any atom is -0.465 e. The van der Waals surface area contributed by atoms with E-state index in [2.05, 4.69) is 5.32 Å². The molecule has 0 radical (unpaired) electrons. The number of carbonyl (C=O) groups is 2. The molecule has 1 fully saturated rings. The molecule has 18 heavy (non-hydrogen) atoms. The zero-order valence-electron chi connectivity index (χ0n) is 10.4. The average Bonchev–Trinajstić information content (AvgIpc) is 2.41. The summed E-state index contributed by atoms with van der Waals surface area (Å²) >= 11 is 0. The van der Waals surface area contributed by atoms with Gasteiger partial charge in [0.2, 0.25) is 5.91 Å². The molecule has 0 saturated carbocycles. The van der Waals surface area contributed by atoms with E-state index in [1.807, 2.05) is 30.3 Å². The van der Waals surface area contributed by atoms with Crippen LogP contribution in [0.5, 0.6) is 0 Å². The van der Waals surface area contributed by atoms with Gasteiger partial charge in [-0.2, -0.15) is 0 Å². The van der Waals surface area contributed by atoms with Crippen LogP contribution in [0.2, 0.25) is 0 Å². The Morgan fingerprint density at radius 1 is 1.39 bits per heavy atom. The number of hydrogen-bond acceptors (Lipinski definition) is 3. The Hall–Kier alpha value is -1.84. The molecule has 1 unspecified atom stereocenters. The standard InChI is InChI=1S/C14H17NO3/c1-2-18-13(17)14(9-6-10-15-12(14)16)11-7-4-3-5-8-11/h3-5,7-8H,2,6,9-10H2,1H3,(H,15,16). The van der Waals surface area contributed by atoms with Gasteiger partial charge in [-0.05, 0) is 25.3 Å². The lowest BCUT2D eigenvalue weighted by molar-refractivity contribution is -0.156. The number of esters is 1. The zero-order chi connectivity index (χ0) is 13.0. The van der Waals surface area contributed by atoms with E-state index in [1.165, 1.54) is 0 Å². The molecule has 0 spiro atoms. The molecule has 4 nitrogen and oxygen atoms in total. The number of nitrogens with one attached hydrogen (secondary N) is 1. The number of benzene rings is 1. The fraction of sp³-hybridized carbons (Fsp3) is 0.429. The van der Waals surface area contributed by atoms with Crippen molar-refractivity contribution in [1.82, 2.24) is 5.32 Å². The topological polar surface area (TPSA) is 55.4 Å². The first-order chi connectivity index (χ1) is 8.71. The lowest BCUT2D eigenvalue weighted by atomic mass is 9.74. The van der Waals surface area contributed by atoms with Crippen molar-refractivity contribution < 1.29 is 14.3 Å². The maximum absolute atomic E-state index is 12.2. The maximum Gasteiger partial charge on any atom is 0.326 e. The molecular weight excluding hydrogens is 230 g/mol. The highest BCUT2D eigenvalue weighted by Crippen LogP contribution is 2.33. The summed E-state index contributed by atoms with van der Waals surface area (Å²) in [6, 6.07) is 9.14. The van der Waals surface area contributed by atoms with Gasteiger partial charge in [0.15, 0.2) is 5.41 Å². The fourth-order valence-corrected chi connectivity index (χ4v) is 2.38. The van der Waals surface area contributed by atoms with E-state index in [0.29, 0.717) is 18.5 Å². The monoisotopic (exact) mass is 247 g/mol. The summed E-state index contributed by atoms with van der Waals surface area (Å²) in [5, 5.41) is 2.77. The van der Waals surface area contributed by atoms with Gasteiger partial charge < -0.3 is 10.1 Å². The second-order valence-electron chi connectivity index (χ2n) is 4.35. The SMILES string of the molecule is CCOC(=O)C1(c2ccccc2)CCCNC1=O. The summed E-state index contributed by atoms with van der Waals surface area (Å²) in [6.45, 7) is 2.64. The molecule has 1 saturated heterocycles. The van der Waals surface area contributed by atoms with E-state index in [9.17, 15) is 9.59 Å². The van der Waals surface area contributed by atoms with E-state index in [4.69, 9.17) is 4.74 Å². The number of amides is 1. The third kappa shape index (κ3) is 1.98. The van der Waals surface area contributed by atoms with Gasteiger partial charge in [-0.1, -0.05) is 30.3 Å². The van der Waals surface area contributed by atoms with E-state index in [-0.39, 0.29) is 12.5 Å². The van der Waals surface area contributed by atoms with E-state index in [0.717, 1.165) is 6.42 Å². The molecule has 1 amide bonds. The van der Waals surface area contributed by atoms with Crippen molar-refractivity contribution in [3.05, 3.63) is 35.9 Å². The molecule has 1 aliphatic rings. The van der Waals surface area contributed by atoms with Crippen LogP contribution in [0.1, 0.15) is 25.3 Å². The molecule has 1 atom stereocenters. The molecule has 2 rings (SSSR count). The van der Waals surface area contributed by atoms with Gasteiger partial charge in [0.25, 0.3) is 0 Å². The van der Waals surface area contributed by atoms with Crippen LogP contribution in [0, 0.1) is 0 Å². The summed E-state index contributed by atoms with van der Waals surface area (Å²) in [6.07, 6.45) is 1.28. The molecule has 1 N–H and O–H groups in total. The fourth-order valence-electron chi connectivity index (χ4n) is 2.38. The first kappa shape index (κ1) is 12.6. The van der Waals surface area contributed by atoms with Gasteiger partial charge in [0.05, 0.1) is 6.61 Å². The average molecular weight is 247 g/mol. The van der Waals surface area contributed by atoms with Crippen molar-refractivity contribution in [2.24, 2.45) is 0 Å². The summed E-state index contributed by atoms with van der Waals surface area (Å²) in [4.78, 5) is 24.5. The molecule has 0 aliphatic carbocycles. The van der Waals surface area contributed by atoms with Gasteiger partial charge in [-0.15, -0.1) is 0 Å². The van der Waals surface area contributed by atoms with Gasteiger partial charge in [-0.3, -0.25) is 9.59 Å². The second kappa shape index (κ2) is 5.21. The molecular formula is C14H17NO3. The molecule has 0 aromatic heterocycles. The predicted molar refractivity (Wildman–Crippen MR) is 67.0 cm³/mol. The maximum atomic E-state index is 12.2. The van der Waals surface area contributed by atoms with E-state index >= 15 is 0 Å². The Bertz CT molecular complexity index is 444. The quantitative estimate of drug-likeness (QED) is 0.649. The normalized spacial score (nSPS) is 23.3. The summed E-state index contributed by atoms with van der Waals surface area (Å²) < 4.78 is 5.11. The number of hydrogen-bond donors (Lipinski definition) is 1. The third-order valence-corrected chi connectivity index (χ3v) is 3.29. The Morgan fingerprint density at radius 3 is 2.72 bits per heavy atom. The number of carbonyl (C=O) groups excluding carboxylic acids is 2. The largest absolute Gasteiger partial charge is 0.465 e. The minimum atomic E-state index is -1.17. The van der Waals surface area contributed by atoms with Crippen LogP contribution in [0.15, 0.2) is 30.3 Å². The van der Waals surface area contributed by atoms with E-state index < -0.39 is 11.4 Å². The van der Waals surface area contributed by atoms with Crippen molar-refractivity contribution in [2.45, 2.75) is 25.2 Å². The van der Waals surface area contributed by atoms with Crippen molar-refractivity contribution in [2.75, 3.05) is 13.2 Å². The second-order valence-corrected chi connectivity index (χ2v) is 4.35. The lowest BCUT2D eigenvalue weighted by Crippen LogP contribution is -2.54. The summed E-state index contributed by atoms with van der Waals surface area (Å²) in [5.41, 5.74) is -0.462. The van der Waals surface area contributed by atoms with Crippen LogP contribution in [0.4, 0.5) is 0 Å².